The highest BCUT2D eigenvalue weighted by Crippen LogP contribution is 2.48. The summed E-state index contributed by atoms with van der Waals surface area (Å²) in [5, 5.41) is 9.56. The van der Waals surface area contributed by atoms with Crippen LogP contribution in [0.1, 0.15) is 43.6 Å². The Bertz CT molecular complexity index is 916. The van der Waals surface area contributed by atoms with Gasteiger partial charge in [0.15, 0.2) is 5.78 Å². The van der Waals surface area contributed by atoms with Crippen LogP contribution in [0.15, 0.2) is 58.9 Å². The van der Waals surface area contributed by atoms with Gasteiger partial charge in [0, 0.05) is 17.1 Å². The summed E-state index contributed by atoms with van der Waals surface area (Å²) in [4.78, 5) is 24.1. The highest BCUT2D eigenvalue weighted by Gasteiger charge is 2.41. The number of halogens is 3. The number of ketones is 1. The standard InChI is InChI=1S/C22H23F3O4/c1-12-18(20(27)28)13(2)21(3,4)16(19(12)29-5)10-11-17(26)14-6-8-15(9-7-14)22(23,24)25/h6-11,16H,1-5H3,(H,27,28). The maximum atomic E-state index is 12.7. The van der Waals surface area contributed by atoms with E-state index in [1.165, 1.54) is 13.2 Å². The number of allylic oxidation sites excluding steroid dienone is 3. The zero-order valence-corrected chi connectivity index (χ0v) is 16.8. The number of carboxylic acid groups (broad SMARTS) is 1. The van der Waals surface area contributed by atoms with E-state index in [1.807, 2.05) is 13.8 Å². The molecule has 7 heteroatoms. The fraction of sp³-hybridized carbons (Fsp3) is 0.364. The molecular formula is C22H23F3O4. The molecule has 0 heterocycles. The van der Waals surface area contributed by atoms with Crippen LogP contribution in [0.4, 0.5) is 13.2 Å². The second-order valence-electron chi connectivity index (χ2n) is 7.50. The van der Waals surface area contributed by atoms with Crippen LogP contribution in [0.5, 0.6) is 0 Å². The minimum atomic E-state index is -4.47. The molecule has 29 heavy (non-hydrogen) atoms. The number of hydrogen-bond donors (Lipinski definition) is 1. The lowest BCUT2D eigenvalue weighted by molar-refractivity contribution is -0.137. The predicted octanol–water partition coefficient (Wildman–Crippen LogP) is 5.42. The van der Waals surface area contributed by atoms with E-state index in [2.05, 4.69) is 0 Å². The second kappa shape index (κ2) is 7.89. The number of hydrogen-bond acceptors (Lipinski definition) is 3. The van der Waals surface area contributed by atoms with E-state index >= 15 is 0 Å². The molecule has 1 aromatic rings. The minimum Gasteiger partial charge on any atom is -0.500 e. The number of rotatable bonds is 5. The van der Waals surface area contributed by atoms with Gasteiger partial charge in [-0.25, -0.2) is 4.79 Å². The van der Waals surface area contributed by atoms with Gasteiger partial charge in [-0.15, -0.1) is 0 Å². The normalized spacial score (nSPS) is 19.7. The maximum Gasteiger partial charge on any atom is 0.416 e. The summed E-state index contributed by atoms with van der Waals surface area (Å²) in [6.45, 7) is 7.10. The number of alkyl halides is 3. The van der Waals surface area contributed by atoms with Crippen molar-refractivity contribution in [2.45, 2.75) is 33.9 Å². The topological polar surface area (TPSA) is 63.6 Å². The van der Waals surface area contributed by atoms with Crippen LogP contribution >= 0.6 is 0 Å². The molecule has 0 saturated carbocycles. The summed E-state index contributed by atoms with van der Waals surface area (Å²) in [6, 6.07) is 3.99. The molecule has 0 aliphatic heterocycles. The van der Waals surface area contributed by atoms with Crippen LogP contribution in [0.25, 0.3) is 0 Å². The fourth-order valence-corrected chi connectivity index (χ4v) is 3.55. The van der Waals surface area contributed by atoms with Crippen LogP contribution in [0.3, 0.4) is 0 Å². The van der Waals surface area contributed by atoms with Crippen molar-refractivity contribution in [2.75, 3.05) is 7.11 Å². The third kappa shape index (κ3) is 4.28. The van der Waals surface area contributed by atoms with Gasteiger partial charge in [-0.05, 0) is 37.5 Å². The van der Waals surface area contributed by atoms with Gasteiger partial charge < -0.3 is 9.84 Å². The molecule has 0 aromatic heterocycles. The molecular weight excluding hydrogens is 385 g/mol. The van der Waals surface area contributed by atoms with Gasteiger partial charge >= 0.3 is 12.1 Å². The third-order valence-corrected chi connectivity index (χ3v) is 5.52. The van der Waals surface area contributed by atoms with Gasteiger partial charge in [-0.3, -0.25) is 4.79 Å². The second-order valence-corrected chi connectivity index (χ2v) is 7.50. The van der Waals surface area contributed by atoms with Crippen LogP contribution in [-0.2, 0) is 15.7 Å². The van der Waals surface area contributed by atoms with Crippen LogP contribution in [0, 0.1) is 11.3 Å². The summed E-state index contributed by atoms with van der Waals surface area (Å²) in [6.07, 6.45) is -1.56. The lowest BCUT2D eigenvalue weighted by Crippen LogP contribution is -2.33. The molecule has 2 rings (SSSR count). The molecule has 1 aliphatic carbocycles. The lowest BCUT2D eigenvalue weighted by Gasteiger charge is -2.40. The van der Waals surface area contributed by atoms with Gasteiger partial charge in [0.25, 0.3) is 0 Å². The summed E-state index contributed by atoms with van der Waals surface area (Å²) >= 11 is 0. The summed E-state index contributed by atoms with van der Waals surface area (Å²) < 4.78 is 43.5. The van der Waals surface area contributed by atoms with Crippen LogP contribution in [0.2, 0.25) is 0 Å². The molecule has 156 valence electrons. The molecule has 0 saturated heterocycles. The molecule has 0 spiro atoms. The van der Waals surface area contributed by atoms with Crippen molar-refractivity contribution in [3.8, 4) is 0 Å². The SMILES string of the molecule is COC1=C(C)C(C(=O)O)=C(C)C(C)(C)C1C=CC(=O)c1ccc(C(F)(F)F)cc1. The summed E-state index contributed by atoms with van der Waals surface area (Å²) in [5.41, 5.74) is -0.0243. The van der Waals surface area contributed by atoms with Crippen molar-refractivity contribution in [2.24, 2.45) is 11.3 Å². The average molecular weight is 408 g/mol. The van der Waals surface area contributed by atoms with Gasteiger partial charge in [0.2, 0.25) is 0 Å². The van der Waals surface area contributed by atoms with E-state index in [9.17, 15) is 27.9 Å². The van der Waals surface area contributed by atoms with E-state index < -0.39 is 34.8 Å². The Morgan fingerprint density at radius 3 is 2.14 bits per heavy atom. The monoisotopic (exact) mass is 408 g/mol. The van der Waals surface area contributed by atoms with Gasteiger partial charge in [-0.2, -0.15) is 13.2 Å². The molecule has 0 amide bonds. The molecule has 1 unspecified atom stereocenters. The lowest BCUT2D eigenvalue weighted by atomic mass is 9.66. The first-order valence-corrected chi connectivity index (χ1v) is 8.92. The Balaban J connectivity index is 2.38. The molecule has 0 bridgehead atoms. The maximum absolute atomic E-state index is 12.7. The van der Waals surface area contributed by atoms with E-state index in [-0.39, 0.29) is 11.1 Å². The van der Waals surface area contributed by atoms with Crippen molar-refractivity contribution < 1.29 is 32.6 Å². The number of carboxylic acids is 1. The molecule has 1 aliphatic rings. The smallest absolute Gasteiger partial charge is 0.416 e. The Labute approximate surface area is 167 Å². The Morgan fingerprint density at radius 1 is 1.14 bits per heavy atom. The number of aliphatic carboxylic acids is 1. The number of benzene rings is 1. The highest BCUT2D eigenvalue weighted by molar-refractivity contribution is 6.04. The van der Waals surface area contributed by atoms with E-state index in [0.717, 1.165) is 24.3 Å². The van der Waals surface area contributed by atoms with Crippen molar-refractivity contribution in [3.05, 3.63) is 70.0 Å². The van der Waals surface area contributed by atoms with Crippen LogP contribution < -0.4 is 0 Å². The van der Waals surface area contributed by atoms with Crippen molar-refractivity contribution in [3.63, 3.8) is 0 Å². The quantitative estimate of drug-likeness (QED) is 0.522. The average Bonchev–Trinajstić information content (AvgIpc) is 2.62. The summed E-state index contributed by atoms with van der Waals surface area (Å²) in [5.74, 6) is -1.47. The van der Waals surface area contributed by atoms with E-state index in [1.54, 1.807) is 19.9 Å². The van der Waals surface area contributed by atoms with Crippen molar-refractivity contribution >= 4 is 11.8 Å². The highest BCUT2D eigenvalue weighted by atomic mass is 19.4. The first-order valence-electron chi connectivity index (χ1n) is 8.92. The Morgan fingerprint density at radius 2 is 1.69 bits per heavy atom. The predicted molar refractivity (Wildman–Crippen MR) is 102 cm³/mol. The number of carbonyl (C=O) groups excluding carboxylic acids is 1. The zero-order chi connectivity index (χ0) is 22.1. The van der Waals surface area contributed by atoms with E-state index in [4.69, 9.17) is 4.74 Å². The molecule has 1 N–H and O–H groups in total. The largest absolute Gasteiger partial charge is 0.500 e. The number of carbonyl (C=O) groups is 2. The van der Waals surface area contributed by atoms with Gasteiger partial charge in [0.05, 0.1) is 18.2 Å². The Hall–Kier alpha value is -2.83. The van der Waals surface area contributed by atoms with Crippen molar-refractivity contribution in [1.29, 1.82) is 0 Å². The Kier molecular flexibility index (Phi) is 6.11. The molecule has 0 radical (unpaired) electrons. The molecule has 1 atom stereocenters. The third-order valence-electron chi connectivity index (χ3n) is 5.52. The molecule has 0 fully saturated rings. The fourth-order valence-electron chi connectivity index (χ4n) is 3.55. The van der Waals surface area contributed by atoms with E-state index in [0.29, 0.717) is 16.9 Å². The molecule has 4 nitrogen and oxygen atoms in total. The first kappa shape index (κ1) is 22.5. The van der Waals surface area contributed by atoms with Crippen LogP contribution in [-0.4, -0.2) is 24.0 Å². The first-order chi connectivity index (χ1) is 13.3. The van der Waals surface area contributed by atoms with Gasteiger partial charge in [-0.1, -0.05) is 37.6 Å². The zero-order valence-electron chi connectivity index (χ0n) is 16.8. The minimum absolute atomic E-state index is 0.126. The number of ether oxygens (including phenoxy) is 1. The summed E-state index contributed by atoms with van der Waals surface area (Å²) in [7, 11) is 1.44. The van der Waals surface area contributed by atoms with Gasteiger partial charge in [0.1, 0.15) is 5.76 Å². The molecule has 1 aromatic carbocycles. The van der Waals surface area contributed by atoms with Crippen molar-refractivity contribution in [1.82, 2.24) is 0 Å². The number of methoxy groups -OCH3 is 1.